The van der Waals surface area contributed by atoms with Gasteiger partial charge in [-0.3, -0.25) is 0 Å². The summed E-state index contributed by atoms with van der Waals surface area (Å²) in [4.78, 5) is 4.35. The Balaban J connectivity index is 2.28. The van der Waals surface area contributed by atoms with Gasteiger partial charge in [-0.15, -0.1) is 0 Å². The van der Waals surface area contributed by atoms with Crippen molar-refractivity contribution in [3.63, 3.8) is 0 Å². The predicted octanol–water partition coefficient (Wildman–Crippen LogP) is 3.58. The fourth-order valence-electron chi connectivity index (χ4n) is 1.60. The van der Waals surface area contributed by atoms with E-state index in [0.717, 1.165) is 17.7 Å². The van der Waals surface area contributed by atoms with E-state index in [9.17, 15) is 5.11 Å². The van der Waals surface area contributed by atoms with Crippen molar-refractivity contribution in [3.8, 4) is 11.6 Å². The minimum atomic E-state index is -0.0264. The van der Waals surface area contributed by atoms with Crippen LogP contribution in [-0.4, -0.2) is 10.1 Å². The maximum absolute atomic E-state index is 9.19. The number of hydrogen-bond donors (Lipinski definition) is 1. The minimum Gasteiger partial charge on any atom is -0.439 e. The third-order valence-electron chi connectivity index (χ3n) is 2.48. The average molecular weight is 264 g/mol. The van der Waals surface area contributed by atoms with Crippen LogP contribution in [0.5, 0.6) is 11.6 Å². The molecule has 0 aliphatic carbocycles. The van der Waals surface area contributed by atoms with Crippen molar-refractivity contribution in [1.29, 1.82) is 0 Å². The van der Waals surface area contributed by atoms with Crippen molar-refractivity contribution in [2.45, 2.75) is 20.0 Å². The maximum atomic E-state index is 9.19. The molecule has 18 heavy (non-hydrogen) atoms. The Labute approximate surface area is 111 Å². The lowest BCUT2D eigenvalue weighted by Gasteiger charge is -2.08. The van der Waals surface area contributed by atoms with Gasteiger partial charge < -0.3 is 9.84 Å². The summed E-state index contributed by atoms with van der Waals surface area (Å²) in [5, 5.41) is 9.80. The highest BCUT2D eigenvalue weighted by Crippen LogP contribution is 2.24. The summed E-state index contributed by atoms with van der Waals surface area (Å²) in [5.41, 5.74) is 1.68. The van der Waals surface area contributed by atoms with Gasteiger partial charge in [0.1, 0.15) is 5.75 Å². The van der Waals surface area contributed by atoms with Crippen molar-refractivity contribution in [2.75, 3.05) is 0 Å². The number of rotatable bonds is 4. The lowest BCUT2D eigenvalue weighted by atomic mass is 10.2. The molecule has 0 fully saturated rings. The van der Waals surface area contributed by atoms with Gasteiger partial charge in [-0.2, -0.15) is 0 Å². The van der Waals surface area contributed by atoms with Gasteiger partial charge in [0.2, 0.25) is 5.88 Å². The van der Waals surface area contributed by atoms with E-state index in [1.807, 2.05) is 25.1 Å². The van der Waals surface area contributed by atoms with Crippen LogP contribution < -0.4 is 4.74 Å². The van der Waals surface area contributed by atoms with Crippen molar-refractivity contribution >= 4 is 11.6 Å². The largest absolute Gasteiger partial charge is 0.439 e. The van der Waals surface area contributed by atoms with Crippen molar-refractivity contribution < 1.29 is 9.84 Å². The Hall–Kier alpha value is -1.58. The Morgan fingerprint density at radius 2 is 2.11 bits per heavy atom. The van der Waals surface area contributed by atoms with Crippen LogP contribution in [0.15, 0.2) is 36.4 Å². The molecule has 2 aromatic rings. The molecule has 0 radical (unpaired) electrons. The molecule has 0 unspecified atom stereocenters. The molecule has 0 bridgehead atoms. The van der Waals surface area contributed by atoms with Crippen LogP contribution in [0.4, 0.5) is 0 Å². The smallest absolute Gasteiger partial charge is 0.219 e. The second-order valence-corrected chi connectivity index (χ2v) is 4.31. The summed E-state index contributed by atoms with van der Waals surface area (Å²) in [7, 11) is 0. The van der Waals surface area contributed by atoms with Crippen molar-refractivity contribution in [3.05, 3.63) is 52.7 Å². The van der Waals surface area contributed by atoms with E-state index in [4.69, 9.17) is 16.3 Å². The number of aromatic nitrogens is 1. The van der Waals surface area contributed by atoms with Crippen molar-refractivity contribution in [1.82, 2.24) is 4.98 Å². The summed E-state index contributed by atoms with van der Waals surface area (Å²) in [5.74, 6) is 1.10. The zero-order valence-electron chi connectivity index (χ0n) is 10.1. The Bertz CT molecular complexity index is 521. The predicted molar refractivity (Wildman–Crippen MR) is 71.1 cm³/mol. The van der Waals surface area contributed by atoms with Crippen molar-refractivity contribution in [2.24, 2.45) is 0 Å². The summed E-state index contributed by atoms with van der Waals surface area (Å²) in [6.07, 6.45) is 0.791. The monoisotopic (exact) mass is 263 g/mol. The molecular formula is C14H14ClNO2. The Kier molecular flexibility index (Phi) is 4.18. The fraction of sp³-hybridized carbons (Fsp3) is 0.214. The van der Waals surface area contributed by atoms with Crippen LogP contribution >= 0.6 is 11.6 Å². The number of benzene rings is 1. The number of aliphatic hydroxyl groups is 1. The molecule has 1 aromatic carbocycles. The molecule has 2 rings (SSSR count). The van der Waals surface area contributed by atoms with Crippen LogP contribution in [0.1, 0.15) is 18.2 Å². The molecule has 0 aliphatic rings. The number of aryl methyl sites for hydroxylation is 1. The molecule has 1 aromatic heterocycles. The van der Waals surface area contributed by atoms with Gasteiger partial charge in [0.15, 0.2) is 0 Å². The second-order valence-electron chi connectivity index (χ2n) is 3.88. The number of halogens is 1. The Morgan fingerprint density at radius 3 is 2.78 bits per heavy atom. The normalized spacial score (nSPS) is 10.4. The van der Waals surface area contributed by atoms with Gasteiger partial charge in [0.25, 0.3) is 0 Å². The maximum Gasteiger partial charge on any atom is 0.219 e. The number of pyridine rings is 1. The molecule has 3 nitrogen and oxygen atoms in total. The van der Waals surface area contributed by atoms with E-state index in [1.165, 1.54) is 0 Å². The molecule has 0 aliphatic heterocycles. The molecule has 0 spiro atoms. The van der Waals surface area contributed by atoms with E-state index in [2.05, 4.69) is 4.98 Å². The molecule has 0 saturated carbocycles. The third kappa shape index (κ3) is 3.22. The average Bonchev–Trinajstić information content (AvgIpc) is 2.38. The summed E-state index contributed by atoms with van der Waals surface area (Å²) in [6, 6.07) is 10.7. The molecule has 1 heterocycles. The zero-order valence-corrected chi connectivity index (χ0v) is 10.8. The van der Waals surface area contributed by atoms with E-state index in [-0.39, 0.29) is 6.61 Å². The van der Waals surface area contributed by atoms with Gasteiger partial charge in [0.05, 0.1) is 6.61 Å². The van der Waals surface area contributed by atoms with Crippen LogP contribution in [0.3, 0.4) is 0 Å². The SMILES string of the molecule is CCc1cc(CO)cc(Oc2cccc(Cl)c2)n1. The summed E-state index contributed by atoms with van der Waals surface area (Å²) < 4.78 is 5.64. The van der Waals surface area contributed by atoms with E-state index in [1.54, 1.807) is 18.2 Å². The summed E-state index contributed by atoms with van der Waals surface area (Å²) in [6.45, 7) is 1.98. The molecule has 4 heteroatoms. The fourth-order valence-corrected chi connectivity index (χ4v) is 1.78. The van der Waals surface area contributed by atoms with E-state index >= 15 is 0 Å². The highest BCUT2D eigenvalue weighted by Gasteiger charge is 2.04. The van der Waals surface area contributed by atoms with Gasteiger partial charge in [0, 0.05) is 16.8 Å². The van der Waals surface area contributed by atoms with Gasteiger partial charge >= 0.3 is 0 Å². The third-order valence-corrected chi connectivity index (χ3v) is 2.71. The Morgan fingerprint density at radius 1 is 1.28 bits per heavy atom. The van der Waals surface area contributed by atoms with Crippen LogP contribution in [-0.2, 0) is 13.0 Å². The van der Waals surface area contributed by atoms with E-state index < -0.39 is 0 Å². The number of nitrogens with zero attached hydrogens (tertiary/aromatic N) is 1. The molecule has 0 atom stereocenters. The lowest BCUT2D eigenvalue weighted by Crippen LogP contribution is -1.96. The number of hydrogen-bond acceptors (Lipinski definition) is 3. The molecule has 0 amide bonds. The molecular weight excluding hydrogens is 250 g/mol. The standard InChI is InChI=1S/C14H14ClNO2/c1-2-12-6-10(9-17)7-14(16-12)18-13-5-3-4-11(15)8-13/h3-8,17H,2,9H2,1H3. The first-order valence-electron chi connectivity index (χ1n) is 5.75. The van der Waals surface area contributed by atoms with Gasteiger partial charge in [-0.1, -0.05) is 24.6 Å². The highest BCUT2D eigenvalue weighted by molar-refractivity contribution is 6.30. The molecule has 1 N–H and O–H groups in total. The van der Waals surface area contributed by atoms with Gasteiger partial charge in [-0.05, 0) is 36.2 Å². The topological polar surface area (TPSA) is 42.4 Å². The quantitative estimate of drug-likeness (QED) is 0.917. The van der Waals surface area contributed by atoms with Gasteiger partial charge in [-0.25, -0.2) is 4.98 Å². The number of ether oxygens (including phenoxy) is 1. The minimum absolute atomic E-state index is 0.0264. The number of aliphatic hydroxyl groups excluding tert-OH is 1. The molecule has 94 valence electrons. The van der Waals surface area contributed by atoms with Crippen LogP contribution in [0.2, 0.25) is 5.02 Å². The van der Waals surface area contributed by atoms with Crippen LogP contribution in [0.25, 0.3) is 0 Å². The second kappa shape index (κ2) is 5.85. The lowest BCUT2D eigenvalue weighted by molar-refractivity contribution is 0.281. The highest BCUT2D eigenvalue weighted by atomic mass is 35.5. The zero-order chi connectivity index (χ0) is 13.0. The summed E-state index contributed by atoms with van der Waals surface area (Å²) >= 11 is 5.89. The van der Waals surface area contributed by atoms with Crippen LogP contribution in [0, 0.1) is 0 Å². The first-order valence-corrected chi connectivity index (χ1v) is 6.13. The van der Waals surface area contributed by atoms with E-state index in [0.29, 0.717) is 16.7 Å². The first-order chi connectivity index (χ1) is 8.71. The first kappa shape index (κ1) is 12.9. The molecule has 0 saturated heterocycles.